The van der Waals surface area contributed by atoms with E-state index < -0.39 is 17.6 Å². The molecule has 0 spiro atoms. The van der Waals surface area contributed by atoms with Gasteiger partial charge in [-0.25, -0.2) is 4.39 Å². The molecule has 168 valence electrons. The maximum Gasteiger partial charge on any atom is 0.417 e. The smallest absolute Gasteiger partial charge is 0.355 e. The van der Waals surface area contributed by atoms with E-state index >= 15 is 0 Å². The molecule has 0 aliphatic rings. The molecule has 0 saturated heterocycles. The number of fused-ring (bicyclic) bond motifs is 1. The van der Waals surface area contributed by atoms with Gasteiger partial charge in [0.05, 0.1) is 5.56 Å². The average molecular weight is 449 g/mol. The first-order chi connectivity index (χ1) is 15.8. The molecule has 0 aliphatic carbocycles. The Kier molecular flexibility index (Phi) is 6.23. The molecule has 1 heterocycles. The quantitative estimate of drug-likeness (QED) is 0.232. The van der Waals surface area contributed by atoms with E-state index in [4.69, 9.17) is 0 Å². The molecular weight excluding hydrogens is 426 g/mol. The highest BCUT2D eigenvalue weighted by Crippen LogP contribution is 2.41. The van der Waals surface area contributed by atoms with E-state index in [1.54, 1.807) is 0 Å². The van der Waals surface area contributed by atoms with Gasteiger partial charge >= 0.3 is 6.18 Å². The number of alkyl halides is 3. The van der Waals surface area contributed by atoms with Crippen molar-refractivity contribution < 1.29 is 17.6 Å². The summed E-state index contributed by atoms with van der Waals surface area (Å²) in [5, 5.41) is 0.959. The van der Waals surface area contributed by atoms with E-state index in [2.05, 4.69) is 4.98 Å². The number of nitrogens with one attached hydrogen (secondary N) is 1. The number of aromatic nitrogens is 1. The third kappa shape index (κ3) is 4.63. The molecule has 1 nitrogen and oxygen atoms in total. The zero-order chi connectivity index (χ0) is 23.6. The number of benzene rings is 3. The summed E-state index contributed by atoms with van der Waals surface area (Å²) < 4.78 is 55.5. The fourth-order valence-corrected chi connectivity index (χ4v) is 4.17. The zero-order valence-electron chi connectivity index (χ0n) is 18.3. The van der Waals surface area contributed by atoms with Crippen molar-refractivity contribution in [1.82, 2.24) is 4.98 Å². The molecule has 0 bridgehead atoms. The number of allylic oxidation sites excluding steroid dienone is 2. The van der Waals surface area contributed by atoms with Crippen LogP contribution in [0.2, 0.25) is 0 Å². The minimum atomic E-state index is -4.68. The van der Waals surface area contributed by atoms with Gasteiger partial charge in [-0.3, -0.25) is 0 Å². The predicted molar refractivity (Wildman–Crippen MR) is 127 cm³/mol. The molecular formula is C28H23F4N. The first-order valence-electron chi connectivity index (χ1n) is 10.7. The molecule has 0 radical (unpaired) electrons. The van der Waals surface area contributed by atoms with Crippen LogP contribution in [0.3, 0.4) is 0 Å². The summed E-state index contributed by atoms with van der Waals surface area (Å²) in [5.74, 6) is -0.913. The van der Waals surface area contributed by atoms with Crippen LogP contribution in [-0.2, 0) is 6.18 Å². The Labute approximate surface area is 190 Å². The number of hydrogen-bond donors (Lipinski definition) is 1. The molecule has 0 atom stereocenters. The van der Waals surface area contributed by atoms with Crippen LogP contribution in [0.15, 0.2) is 78.9 Å². The summed E-state index contributed by atoms with van der Waals surface area (Å²) in [6.07, 6.45) is -0.469. The van der Waals surface area contributed by atoms with Crippen LogP contribution < -0.4 is 0 Å². The lowest BCUT2D eigenvalue weighted by atomic mass is 9.88. The maximum absolute atomic E-state index is 13.9. The predicted octanol–water partition coefficient (Wildman–Crippen LogP) is 8.73. The summed E-state index contributed by atoms with van der Waals surface area (Å²) in [5.41, 5.74) is 3.55. The van der Waals surface area contributed by atoms with Crippen molar-refractivity contribution in [2.45, 2.75) is 26.4 Å². The summed E-state index contributed by atoms with van der Waals surface area (Å²) in [6, 6.07) is 20.2. The molecule has 4 aromatic rings. The third-order valence-electron chi connectivity index (χ3n) is 5.63. The average Bonchev–Trinajstić information content (AvgIpc) is 3.22. The molecule has 4 rings (SSSR count). The van der Waals surface area contributed by atoms with Gasteiger partial charge in [0.15, 0.2) is 0 Å². The van der Waals surface area contributed by atoms with Gasteiger partial charge in [-0.1, -0.05) is 67.6 Å². The fourth-order valence-electron chi connectivity index (χ4n) is 4.17. The largest absolute Gasteiger partial charge is 0.417 e. The number of halogens is 4. The second-order valence-corrected chi connectivity index (χ2v) is 7.79. The van der Waals surface area contributed by atoms with Crippen LogP contribution in [0.25, 0.3) is 28.1 Å². The Bertz CT molecular complexity index is 1310. The lowest BCUT2D eigenvalue weighted by Gasteiger charge is -2.19. The van der Waals surface area contributed by atoms with E-state index in [9.17, 15) is 17.6 Å². The number of para-hydroxylation sites is 1. The summed E-state index contributed by atoms with van der Waals surface area (Å²) >= 11 is 0. The van der Waals surface area contributed by atoms with Gasteiger partial charge in [-0.2, -0.15) is 13.2 Å². The van der Waals surface area contributed by atoms with Crippen molar-refractivity contribution in [1.29, 1.82) is 0 Å². The van der Waals surface area contributed by atoms with E-state index in [1.807, 2.05) is 80.6 Å². The van der Waals surface area contributed by atoms with Crippen LogP contribution >= 0.6 is 0 Å². The monoisotopic (exact) mass is 449 g/mol. The van der Waals surface area contributed by atoms with Gasteiger partial charge in [0, 0.05) is 22.2 Å². The SMILES string of the molecule is C/C=C/c1ccc(/C(=C(/CC)c2ccc(F)cc2C(F)(F)F)c2cc3ccccc3[nH]2)cc1. The summed E-state index contributed by atoms with van der Waals surface area (Å²) in [7, 11) is 0. The van der Waals surface area contributed by atoms with Crippen LogP contribution in [-0.4, -0.2) is 4.98 Å². The standard InChI is InChI=1S/C28H23F4N/c1-3-7-18-10-12-19(13-11-18)27(26-16-20-8-5-6-9-25(20)33-26)22(4-2)23-15-14-21(29)17-24(23)28(30,31)32/h3,5-17,33H,4H2,1-2H3/b7-3+,27-22+. The van der Waals surface area contributed by atoms with Gasteiger partial charge < -0.3 is 4.98 Å². The first kappa shape index (κ1) is 22.6. The number of rotatable bonds is 5. The van der Waals surface area contributed by atoms with Gasteiger partial charge in [0.1, 0.15) is 5.82 Å². The molecule has 0 amide bonds. The van der Waals surface area contributed by atoms with E-state index in [-0.39, 0.29) is 5.56 Å². The summed E-state index contributed by atoms with van der Waals surface area (Å²) in [6.45, 7) is 3.74. The molecule has 0 aliphatic heterocycles. The van der Waals surface area contributed by atoms with Crippen LogP contribution in [0.5, 0.6) is 0 Å². The maximum atomic E-state index is 13.9. The van der Waals surface area contributed by atoms with Gasteiger partial charge in [0.25, 0.3) is 0 Å². The molecule has 1 N–H and O–H groups in total. The number of aromatic amines is 1. The van der Waals surface area contributed by atoms with Crippen LogP contribution in [0.1, 0.15) is 48.2 Å². The Balaban J connectivity index is 2.04. The first-order valence-corrected chi connectivity index (χ1v) is 10.7. The minimum Gasteiger partial charge on any atom is -0.355 e. The highest BCUT2D eigenvalue weighted by Gasteiger charge is 2.35. The molecule has 0 unspecified atom stereocenters. The number of hydrogen-bond acceptors (Lipinski definition) is 0. The minimum absolute atomic E-state index is 0.0161. The molecule has 0 fully saturated rings. The van der Waals surface area contributed by atoms with Crippen LogP contribution in [0.4, 0.5) is 17.6 Å². The van der Waals surface area contributed by atoms with Gasteiger partial charge in [0.2, 0.25) is 0 Å². The lowest BCUT2D eigenvalue weighted by molar-refractivity contribution is -0.138. The van der Waals surface area contributed by atoms with Crippen molar-refractivity contribution in [3.05, 3.63) is 113 Å². The topological polar surface area (TPSA) is 15.8 Å². The Morgan fingerprint density at radius 1 is 0.939 bits per heavy atom. The van der Waals surface area contributed by atoms with E-state index in [0.717, 1.165) is 28.1 Å². The molecule has 5 heteroatoms. The lowest BCUT2D eigenvalue weighted by Crippen LogP contribution is -2.10. The van der Waals surface area contributed by atoms with Crippen molar-refractivity contribution in [3.63, 3.8) is 0 Å². The normalized spacial score (nSPS) is 13.0. The molecule has 33 heavy (non-hydrogen) atoms. The molecule has 1 aromatic heterocycles. The van der Waals surface area contributed by atoms with E-state index in [1.165, 1.54) is 6.07 Å². The Morgan fingerprint density at radius 2 is 1.67 bits per heavy atom. The molecule has 0 saturated carbocycles. The van der Waals surface area contributed by atoms with Crippen molar-refractivity contribution in [2.75, 3.05) is 0 Å². The fraction of sp³-hybridized carbons (Fsp3) is 0.143. The second-order valence-electron chi connectivity index (χ2n) is 7.79. The third-order valence-corrected chi connectivity index (χ3v) is 5.63. The van der Waals surface area contributed by atoms with E-state index in [0.29, 0.717) is 29.3 Å². The molecule has 3 aromatic carbocycles. The van der Waals surface area contributed by atoms with Gasteiger partial charge in [-0.05, 0) is 59.9 Å². The second kappa shape index (κ2) is 9.10. The zero-order valence-corrected chi connectivity index (χ0v) is 18.3. The van der Waals surface area contributed by atoms with Crippen LogP contribution in [0, 0.1) is 5.82 Å². The highest BCUT2D eigenvalue weighted by molar-refractivity contribution is 6.01. The summed E-state index contributed by atoms with van der Waals surface area (Å²) in [4.78, 5) is 3.36. The highest BCUT2D eigenvalue weighted by atomic mass is 19.4. The van der Waals surface area contributed by atoms with Crippen molar-refractivity contribution in [3.8, 4) is 0 Å². The van der Waals surface area contributed by atoms with Crippen molar-refractivity contribution in [2.24, 2.45) is 0 Å². The van der Waals surface area contributed by atoms with Crippen molar-refractivity contribution >= 4 is 28.1 Å². The van der Waals surface area contributed by atoms with Gasteiger partial charge in [-0.15, -0.1) is 0 Å². The Hall–Kier alpha value is -3.60. The Morgan fingerprint density at radius 3 is 2.30 bits per heavy atom. The number of H-pyrrole nitrogens is 1.